The molecule has 21 heavy (non-hydrogen) atoms. The molecule has 1 unspecified atom stereocenters. The van der Waals surface area contributed by atoms with Crippen LogP contribution in [0.3, 0.4) is 0 Å². The van der Waals surface area contributed by atoms with Crippen LogP contribution in [0.25, 0.3) is 0 Å². The molecule has 1 rings (SSSR count). The van der Waals surface area contributed by atoms with Crippen LogP contribution < -0.4 is 5.32 Å². The lowest BCUT2D eigenvalue weighted by Crippen LogP contribution is -2.49. The molecule has 6 heteroatoms. The standard InChI is InChI=1S/C15H28N4O2/c1-5-12-17-13(6-2)19(18-12)11-9-8-10-15(4,14(20)21)16-7-3/h16H,5-11H2,1-4H3,(H,20,21). The Morgan fingerprint density at radius 1 is 1.29 bits per heavy atom. The van der Waals surface area contributed by atoms with E-state index in [9.17, 15) is 9.90 Å². The minimum Gasteiger partial charge on any atom is -0.480 e. The summed E-state index contributed by atoms with van der Waals surface area (Å²) >= 11 is 0. The molecule has 2 N–H and O–H groups in total. The molecule has 1 atom stereocenters. The highest BCUT2D eigenvalue weighted by atomic mass is 16.4. The molecule has 0 aliphatic carbocycles. The number of carbonyl (C=O) groups is 1. The fraction of sp³-hybridized carbons (Fsp3) is 0.800. The van der Waals surface area contributed by atoms with Gasteiger partial charge in [0.15, 0.2) is 5.82 Å². The molecule has 0 bridgehead atoms. The van der Waals surface area contributed by atoms with Crippen molar-refractivity contribution in [2.45, 2.75) is 71.9 Å². The molecule has 1 heterocycles. The quantitative estimate of drug-likeness (QED) is 0.646. The Labute approximate surface area is 127 Å². The van der Waals surface area contributed by atoms with Crippen LogP contribution in [0.2, 0.25) is 0 Å². The van der Waals surface area contributed by atoms with E-state index in [0.29, 0.717) is 13.0 Å². The van der Waals surface area contributed by atoms with E-state index in [1.807, 2.05) is 18.5 Å². The van der Waals surface area contributed by atoms with Crippen molar-refractivity contribution in [2.24, 2.45) is 0 Å². The summed E-state index contributed by atoms with van der Waals surface area (Å²) < 4.78 is 1.96. The van der Waals surface area contributed by atoms with Gasteiger partial charge in [-0.05, 0) is 32.7 Å². The second kappa shape index (κ2) is 8.12. The fourth-order valence-corrected chi connectivity index (χ4v) is 2.42. The average molecular weight is 296 g/mol. The molecular weight excluding hydrogens is 268 g/mol. The second-order valence-corrected chi connectivity index (χ2v) is 5.50. The highest BCUT2D eigenvalue weighted by Crippen LogP contribution is 2.15. The normalized spacial score (nSPS) is 14.1. The van der Waals surface area contributed by atoms with E-state index < -0.39 is 11.5 Å². The monoisotopic (exact) mass is 296 g/mol. The first kappa shape index (κ1) is 17.6. The molecule has 0 saturated carbocycles. The van der Waals surface area contributed by atoms with E-state index in [2.05, 4.69) is 22.3 Å². The van der Waals surface area contributed by atoms with Gasteiger partial charge in [-0.2, -0.15) is 5.10 Å². The minimum absolute atomic E-state index is 0.618. The summed E-state index contributed by atoms with van der Waals surface area (Å²) in [4.78, 5) is 15.8. The van der Waals surface area contributed by atoms with E-state index in [0.717, 1.165) is 43.9 Å². The van der Waals surface area contributed by atoms with Crippen molar-refractivity contribution in [3.05, 3.63) is 11.6 Å². The first-order valence-corrected chi connectivity index (χ1v) is 7.87. The summed E-state index contributed by atoms with van der Waals surface area (Å²) in [6, 6.07) is 0. The van der Waals surface area contributed by atoms with E-state index >= 15 is 0 Å². The van der Waals surface area contributed by atoms with Crippen molar-refractivity contribution in [3.8, 4) is 0 Å². The first-order chi connectivity index (χ1) is 9.96. The summed E-state index contributed by atoms with van der Waals surface area (Å²) in [7, 11) is 0. The third-order valence-electron chi connectivity index (χ3n) is 3.76. The number of carboxylic acid groups (broad SMARTS) is 1. The van der Waals surface area contributed by atoms with Crippen LogP contribution >= 0.6 is 0 Å². The topological polar surface area (TPSA) is 80.0 Å². The molecular formula is C15H28N4O2. The smallest absolute Gasteiger partial charge is 0.323 e. The Kier molecular flexibility index (Phi) is 6.81. The number of nitrogens with zero attached hydrogens (tertiary/aromatic N) is 3. The van der Waals surface area contributed by atoms with Crippen molar-refractivity contribution >= 4 is 5.97 Å². The molecule has 1 aromatic heterocycles. The SMILES string of the molecule is CCNC(C)(CCCCn1nc(CC)nc1CC)C(=O)O. The molecule has 0 saturated heterocycles. The van der Waals surface area contributed by atoms with Gasteiger partial charge in [0.25, 0.3) is 0 Å². The van der Waals surface area contributed by atoms with Gasteiger partial charge < -0.3 is 10.4 Å². The number of nitrogens with one attached hydrogen (secondary N) is 1. The van der Waals surface area contributed by atoms with Gasteiger partial charge in [-0.15, -0.1) is 0 Å². The number of hydrogen-bond donors (Lipinski definition) is 2. The van der Waals surface area contributed by atoms with Crippen molar-refractivity contribution in [2.75, 3.05) is 6.54 Å². The van der Waals surface area contributed by atoms with Gasteiger partial charge in [-0.25, -0.2) is 9.67 Å². The molecule has 0 aliphatic heterocycles. The maximum Gasteiger partial charge on any atom is 0.323 e. The van der Waals surface area contributed by atoms with Gasteiger partial charge in [0.05, 0.1) is 0 Å². The van der Waals surface area contributed by atoms with Crippen LogP contribution in [-0.4, -0.2) is 37.9 Å². The fourth-order valence-electron chi connectivity index (χ4n) is 2.42. The summed E-state index contributed by atoms with van der Waals surface area (Å²) in [5.74, 6) is 1.11. The molecule has 6 nitrogen and oxygen atoms in total. The number of aryl methyl sites for hydroxylation is 3. The van der Waals surface area contributed by atoms with Crippen molar-refractivity contribution in [3.63, 3.8) is 0 Å². The van der Waals surface area contributed by atoms with E-state index in [4.69, 9.17) is 0 Å². The van der Waals surface area contributed by atoms with Gasteiger partial charge in [-0.3, -0.25) is 4.79 Å². The van der Waals surface area contributed by atoms with Gasteiger partial charge in [0.1, 0.15) is 11.4 Å². The number of aliphatic carboxylic acids is 1. The zero-order valence-electron chi connectivity index (χ0n) is 13.6. The summed E-state index contributed by atoms with van der Waals surface area (Å²) in [5.41, 5.74) is -0.834. The summed E-state index contributed by atoms with van der Waals surface area (Å²) in [6.45, 7) is 9.27. The lowest BCUT2D eigenvalue weighted by molar-refractivity contribution is -0.144. The molecule has 0 aliphatic rings. The summed E-state index contributed by atoms with van der Waals surface area (Å²) in [6.07, 6.45) is 4.09. The molecule has 1 aromatic rings. The van der Waals surface area contributed by atoms with Crippen molar-refractivity contribution in [1.29, 1.82) is 0 Å². The van der Waals surface area contributed by atoms with Gasteiger partial charge in [-0.1, -0.05) is 20.8 Å². The average Bonchev–Trinajstić information content (AvgIpc) is 2.86. The molecule has 0 radical (unpaired) electrons. The van der Waals surface area contributed by atoms with Gasteiger partial charge in [0.2, 0.25) is 0 Å². The Hall–Kier alpha value is -1.43. The van der Waals surface area contributed by atoms with Crippen molar-refractivity contribution in [1.82, 2.24) is 20.1 Å². The Bertz CT molecular complexity index is 459. The zero-order chi connectivity index (χ0) is 15.9. The Balaban J connectivity index is 2.50. The second-order valence-electron chi connectivity index (χ2n) is 5.50. The minimum atomic E-state index is -0.834. The molecule has 0 spiro atoms. The number of hydrogen-bond acceptors (Lipinski definition) is 4. The maximum atomic E-state index is 11.3. The number of rotatable bonds is 10. The lowest BCUT2D eigenvalue weighted by Gasteiger charge is -2.25. The largest absolute Gasteiger partial charge is 0.480 e. The van der Waals surface area contributed by atoms with Crippen LogP contribution in [0.4, 0.5) is 0 Å². The maximum absolute atomic E-state index is 11.3. The first-order valence-electron chi connectivity index (χ1n) is 7.87. The highest BCUT2D eigenvalue weighted by Gasteiger charge is 2.31. The van der Waals surface area contributed by atoms with Crippen LogP contribution in [0.5, 0.6) is 0 Å². The number of carboxylic acids is 1. The zero-order valence-corrected chi connectivity index (χ0v) is 13.6. The van der Waals surface area contributed by atoms with Crippen LogP contribution in [0.15, 0.2) is 0 Å². The Morgan fingerprint density at radius 2 is 2.00 bits per heavy atom. The highest BCUT2D eigenvalue weighted by molar-refractivity contribution is 5.78. The summed E-state index contributed by atoms with van der Waals surface area (Å²) in [5, 5.41) is 16.8. The van der Waals surface area contributed by atoms with E-state index in [1.54, 1.807) is 6.92 Å². The van der Waals surface area contributed by atoms with Crippen molar-refractivity contribution < 1.29 is 9.90 Å². The molecule has 0 aromatic carbocycles. The number of aromatic nitrogens is 3. The molecule has 0 fully saturated rings. The molecule has 120 valence electrons. The predicted octanol–water partition coefficient (Wildman–Crippen LogP) is 2.03. The lowest BCUT2D eigenvalue weighted by atomic mass is 9.95. The van der Waals surface area contributed by atoms with Gasteiger partial charge in [0, 0.05) is 19.4 Å². The van der Waals surface area contributed by atoms with E-state index in [-0.39, 0.29) is 0 Å². The third-order valence-corrected chi connectivity index (χ3v) is 3.76. The van der Waals surface area contributed by atoms with Crippen LogP contribution in [0, 0.1) is 0 Å². The van der Waals surface area contributed by atoms with Crippen LogP contribution in [-0.2, 0) is 24.2 Å². The number of unbranched alkanes of at least 4 members (excludes halogenated alkanes) is 1. The predicted molar refractivity (Wildman–Crippen MR) is 82.3 cm³/mol. The third kappa shape index (κ3) is 4.81. The molecule has 0 amide bonds. The number of likely N-dealkylation sites (N-methyl/N-ethyl adjacent to an activating group) is 1. The van der Waals surface area contributed by atoms with E-state index in [1.165, 1.54) is 0 Å². The Morgan fingerprint density at radius 3 is 2.52 bits per heavy atom. The van der Waals surface area contributed by atoms with Gasteiger partial charge >= 0.3 is 5.97 Å². The van der Waals surface area contributed by atoms with Crippen LogP contribution in [0.1, 0.15) is 58.6 Å².